The Morgan fingerprint density at radius 2 is 2.14 bits per heavy atom. The van der Waals surface area contributed by atoms with Crippen LogP contribution in [0.25, 0.3) is 0 Å². The summed E-state index contributed by atoms with van der Waals surface area (Å²) >= 11 is 0. The summed E-state index contributed by atoms with van der Waals surface area (Å²) in [4.78, 5) is 14.3. The van der Waals surface area contributed by atoms with E-state index in [0.717, 1.165) is 13.1 Å². The Hall–Kier alpha value is -1.75. The first-order valence-corrected chi connectivity index (χ1v) is 7.55. The molecule has 5 heteroatoms. The van der Waals surface area contributed by atoms with E-state index < -0.39 is 0 Å². The molecule has 116 valence electrons. The van der Waals surface area contributed by atoms with Crippen molar-refractivity contribution in [3.05, 3.63) is 23.8 Å². The molecule has 21 heavy (non-hydrogen) atoms. The van der Waals surface area contributed by atoms with Gasteiger partial charge in [0.2, 0.25) is 0 Å². The fraction of sp³-hybridized carbons (Fsp3) is 0.562. The van der Waals surface area contributed by atoms with Crippen molar-refractivity contribution in [2.75, 3.05) is 44.3 Å². The molecule has 0 saturated carbocycles. The number of carbonyl (C=O) groups is 1. The molecule has 1 aliphatic rings. The number of esters is 1. The summed E-state index contributed by atoms with van der Waals surface area (Å²) in [5, 5.41) is 3.32. The molecule has 1 unspecified atom stereocenters. The van der Waals surface area contributed by atoms with Crippen molar-refractivity contribution in [2.24, 2.45) is 5.92 Å². The Morgan fingerprint density at radius 3 is 2.81 bits per heavy atom. The van der Waals surface area contributed by atoms with E-state index >= 15 is 0 Å². The molecular formula is C16H25N3O2. The van der Waals surface area contributed by atoms with Gasteiger partial charge in [-0.1, -0.05) is 13.0 Å². The topological polar surface area (TPSA) is 67.6 Å². The predicted molar refractivity (Wildman–Crippen MR) is 85.5 cm³/mol. The van der Waals surface area contributed by atoms with Crippen molar-refractivity contribution in [2.45, 2.75) is 19.8 Å². The number of ether oxygens (including phenoxy) is 1. The second kappa shape index (κ2) is 7.31. The molecule has 1 heterocycles. The number of para-hydroxylation sites is 1. The van der Waals surface area contributed by atoms with E-state index in [0.29, 0.717) is 22.9 Å². The second-order valence-electron chi connectivity index (χ2n) is 5.76. The molecule has 0 aromatic heterocycles. The van der Waals surface area contributed by atoms with E-state index in [9.17, 15) is 4.79 Å². The summed E-state index contributed by atoms with van der Waals surface area (Å²) in [6, 6.07) is 5.29. The zero-order valence-corrected chi connectivity index (χ0v) is 12.9. The molecule has 1 fully saturated rings. The Balaban J connectivity index is 1.96. The van der Waals surface area contributed by atoms with E-state index in [1.54, 1.807) is 18.2 Å². The van der Waals surface area contributed by atoms with Gasteiger partial charge in [-0.05, 0) is 44.0 Å². The number of nitrogens with two attached hydrogens (primary N) is 1. The smallest absolute Gasteiger partial charge is 0.340 e. The Labute approximate surface area is 126 Å². The van der Waals surface area contributed by atoms with E-state index in [2.05, 4.69) is 17.1 Å². The monoisotopic (exact) mass is 291 g/mol. The molecular weight excluding hydrogens is 266 g/mol. The fourth-order valence-corrected chi connectivity index (χ4v) is 2.79. The molecule has 0 spiro atoms. The van der Waals surface area contributed by atoms with E-state index in [1.807, 2.05) is 0 Å². The van der Waals surface area contributed by atoms with Crippen LogP contribution in [-0.4, -0.2) is 44.2 Å². The first kappa shape index (κ1) is 15.6. The molecule has 1 aromatic carbocycles. The maximum atomic E-state index is 11.8. The molecule has 1 aromatic rings. The van der Waals surface area contributed by atoms with Crippen LogP contribution in [0.5, 0.6) is 0 Å². The molecule has 3 N–H and O–H groups in total. The average Bonchev–Trinajstić information content (AvgIpc) is 2.97. The van der Waals surface area contributed by atoms with Crippen molar-refractivity contribution in [3.8, 4) is 0 Å². The molecule has 2 rings (SSSR count). The van der Waals surface area contributed by atoms with Crippen molar-refractivity contribution in [1.82, 2.24) is 4.90 Å². The third-order valence-electron chi connectivity index (χ3n) is 3.90. The lowest BCUT2D eigenvalue weighted by Crippen LogP contribution is -2.29. The number of likely N-dealkylation sites (tertiary alicyclic amines) is 1. The molecule has 0 amide bonds. The summed E-state index contributed by atoms with van der Waals surface area (Å²) in [5.74, 6) is 0.130. The number of nitrogens with one attached hydrogen (secondary N) is 1. The summed E-state index contributed by atoms with van der Waals surface area (Å²) in [6.45, 7) is 6.47. The van der Waals surface area contributed by atoms with Gasteiger partial charge in [0.1, 0.15) is 0 Å². The number of carbonyl (C=O) groups excluding carboxylic acids is 1. The molecule has 1 saturated heterocycles. The quantitative estimate of drug-likeness (QED) is 0.621. The first-order valence-electron chi connectivity index (χ1n) is 7.55. The van der Waals surface area contributed by atoms with Crippen LogP contribution in [0.2, 0.25) is 0 Å². The van der Waals surface area contributed by atoms with Gasteiger partial charge in [0.05, 0.1) is 24.0 Å². The lowest BCUT2D eigenvalue weighted by molar-refractivity contribution is 0.0602. The van der Waals surface area contributed by atoms with Crippen LogP contribution in [0.15, 0.2) is 18.2 Å². The summed E-state index contributed by atoms with van der Waals surface area (Å²) in [5.41, 5.74) is 7.73. The van der Waals surface area contributed by atoms with Crippen molar-refractivity contribution in [1.29, 1.82) is 0 Å². The van der Waals surface area contributed by atoms with Crippen LogP contribution >= 0.6 is 0 Å². The van der Waals surface area contributed by atoms with E-state index in [4.69, 9.17) is 10.5 Å². The number of hydrogen-bond acceptors (Lipinski definition) is 5. The van der Waals surface area contributed by atoms with Crippen molar-refractivity contribution >= 4 is 17.3 Å². The maximum absolute atomic E-state index is 11.8. The van der Waals surface area contributed by atoms with Gasteiger partial charge in [-0.15, -0.1) is 0 Å². The predicted octanol–water partition coefficient (Wildman–Crippen LogP) is 2.20. The number of nitrogen functional groups attached to an aromatic ring is 1. The zero-order chi connectivity index (χ0) is 15.2. The van der Waals surface area contributed by atoms with Gasteiger partial charge in [-0.3, -0.25) is 0 Å². The Bertz CT molecular complexity index is 484. The van der Waals surface area contributed by atoms with Crippen LogP contribution in [0.3, 0.4) is 0 Å². The Morgan fingerprint density at radius 1 is 1.43 bits per heavy atom. The minimum absolute atomic E-state index is 0.364. The molecule has 0 aliphatic carbocycles. The summed E-state index contributed by atoms with van der Waals surface area (Å²) < 4.78 is 4.80. The highest BCUT2D eigenvalue weighted by Crippen LogP contribution is 2.24. The second-order valence-corrected chi connectivity index (χ2v) is 5.76. The summed E-state index contributed by atoms with van der Waals surface area (Å²) in [6.07, 6.45) is 2.61. The lowest BCUT2D eigenvalue weighted by Gasteiger charge is -2.22. The van der Waals surface area contributed by atoms with Gasteiger partial charge < -0.3 is 20.7 Å². The number of rotatable bonds is 6. The van der Waals surface area contributed by atoms with Gasteiger partial charge in [-0.2, -0.15) is 0 Å². The average molecular weight is 291 g/mol. The third kappa shape index (κ3) is 4.11. The number of hydrogen-bond donors (Lipinski definition) is 2. The molecule has 0 radical (unpaired) electrons. The van der Waals surface area contributed by atoms with Crippen LogP contribution in [-0.2, 0) is 4.74 Å². The number of benzene rings is 1. The van der Waals surface area contributed by atoms with Gasteiger partial charge in [-0.25, -0.2) is 4.79 Å². The highest BCUT2D eigenvalue weighted by Gasteiger charge is 2.17. The van der Waals surface area contributed by atoms with Crippen LogP contribution in [0, 0.1) is 5.92 Å². The maximum Gasteiger partial charge on any atom is 0.340 e. The van der Waals surface area contributed by atoms with Gasteiger partial charge in [0.25, 0.3) is 0 Å². The van der Waals surface area contributed by atoms with Crippen LogP contribution < -0.4 is 11.1 Å². The molecule has 1 aliphatic heterocycles. The minimum atomic E-state index is -0.364. The van der Waals surface area contributed by atoms with Crippen LogP contribution in [0.4, 0.5) is 11.4 Å². The Kier molecular flexibility index (Phi) is 5.44. The molecule has 0 bridgehead atoms. The fourth-order valence-electron chi connectivity index (χ4n) is 2.79. The first-order chi connectivity index (χ1) is 10.1. The zero-order valence-electron chi connectivity index (χ0n) is 12.9. The standard InChI is InChI=1S/C16H25N3O2/c1-12(11-19-8-3-4-9-19)10-18-15-13(16(20)21-2)6-5-7-14(15)17/h5-7,12,18H,3-4,8-11,17H2,1-2H3. The highest BCUT2D eigenvalue weighted by atomic mass is 16.5. The normalized spacial score (nSPS) is 16.7. The highest BCUT2D eigenvalue weighted by molar-refractivity contribution is 5.98. The summed E-state index contributed by atoms with van der Waals surface area (Å²) in [7, 11) is 1.38. The van der Waals surface area contributed by atoms with Gasteiger partial charge in [0, 0.05) is 13.1 Å². The van der Waals surface area contributed by atoms with E-state index in [-0.39, 0.29) is 5.97 Å². The molecule has 1 atom stereocenters. The molecule has 5 nitrogen and oxygen atoms in total. The van der Waals surface area contributed by atoms with Crippen molar-refractivity contribution in [3.63, 3.8) is 0 Å². The van der Waals surface area contributed by atoms with Crippen LogP contribution in [0.1, 0.15) is 30.1 Å². The lowest BCUT2D eigenvalue weighted by atomic mass is 10.1. The number of nitrogens with zero attached hydrogens (tertiary/aromatic N) is 1. The number of methoxy groups -OCH3 is 1. The van der Waals surface area contributed by atoms with Gasteiger partial charge >= 0.3 is 5.97 Å². The third-order valence-corrected chi connectivity index (χ3v) is 3.90. The minimum Gasteiger partial charge on any atom is -0.465 e. The van der Waals surface area contributed by atoms with E-state index in [1.165, 1.54) is 33.0 Å². The number of anilines is 2. The SMILES string of the molecule is COC(=O)c1cccc(N)c1NCC(C)CN1CCCC1. The van der Waals surface area contributed by atoms with Gasteiger partial charge in [0.15, 0.2) is 0 Å². The van der Waals surface area contributed by atoms with Crippen molar-refractivity contribution < 1.29 is 9.53 Å². The largest absolute Gasteiger partial charge is 0.465 e.